The van der Waals surface area contributed by atoms with Crippen LogP contribution in [0.4, 0.5) is 0 Å². The van der Waals surface area contributed by atoms with Gasteiger partial charge in [0.15, 0.2) is 0 Å². The standard InChI is InChI=1S/C13H28N2O/c1-11-7-12(2)9-15(8-11)6-4-5-13(3,16)10-14/h11-12,16H,4-10,14H2,1-3H3. The first-order chi connectivity index (χ1) is 7.43. The van der Waals surface area contributed by atoms with Crippen molar-refractivity contribution >= 4 is 0 Å². The summed E-state index contributed by atoms with van der Waals surface area (Å²) in [5, 5.41) is 9.81. The van der Waals surface area contributed by atoms with Crippen molar-refractivity contribution in [1.29, 1.82) is 0 Å². The van der Waals surface area contributed by atoms with Gasteiger partial charge in [0, 0.05) is 19.6 Å². The summed E-state index contributed by atoms with van der Waals surface area (Å²) in [7, 11) is 0. The van der Waals surface area contributed by atoms with E-state index in [-0.39, 0.29) is 0 Å². The maximum Gasteiger partial charge on any atom is 0.0741 e. The van der Waals surface area contributed by atoms with Crippen LogP contribution >= 0.6 is 0 Å². The molecular weight excluding hydrogens is 200 g/mol. The molecule has 0 spiro atoms. The molecule has 3 atom stereocenters. The predicted molar refractivity (Wildman–Crippen MR) is 68.3 cm³/mol. The van der Waals surface area contributed by atoms with Gasteiger partial charge in [-0.25, -0.2) is 0 Å². The molecule has 1 fully saturated rings. The summed E-state index contributed by atoms with van der Waals surface area (Å²) in [4.78, 5) is 2.53. The number of nitrogens with two attached hydrogens (primary N) is 1. The molecule has 0 saturated carbocycles. The minimum atomic E-state index is -0.674. The van der Waals surface area contributed by atoms with Crippen molar-refractivity contribution in [2.24, 2.45) is 17.6 Å². The molecule has 0 bridgehead atoms. The van der Waals surface area contributed by atoms with Crippen molar-refractivity contribution in [2.45, 2.75) is 45.6 Å². The molecule has 16 heavy (non-hydrogen) atoms. The van der Waals surface area contributed by atoms with Gasteiger partial charge in [-0.2, -0.15) is 0 Å². The van der Waals surface area contributed by atoms with E-state index >= 15 is 0 Å². The summed E-state index contributed by atoms with van der Waals surface area (Å²) in [6.45, 7) is 10.4. The first-order valence-electron chi connectivity index (χ1n) is 6.58. The topological polar surface area (TPSA) is 49.5 Å². The molecular formula is C13H28N2O. The van der Waals surface area contributed by atoms with Gasteiger partial charge in [0.1, 0.15) is 0 Å². The highest BCUT2D eigenvalue weighted by atomic mass is 16.3. The second-order valence-electron chi connectivity index (χ2n) is 6.01. The van der Waals surface area contributed by atoms with Gasteiger partial charge in [-0.3, -0.25) is 0 Å². The highest BCUT2D eigenvalue weighted by molar-refractivity contribution is 4.77. The molecule has 0 aromatic heterocycles. The molecule has 0 aromatic rings. The minimum Gasteiger partial charge on any atom is -0.389 e. The van der Waals surface area contributed by atoms with Gasteiger partial charge < -0.3 is 15.7 Å². The predicted octanol–water partition coefficient (Wildman–Crippen LogP) is 1.45. The van der Waals surface area contributed by atoms with E-state index in [2.05, 4.69) is 18.7 Å². The molecule has 3 N–H and O–H groups in total. The molecule has 96 valence electrons. The number of hydrogen-bond acceptors (Lipinski definition) is 3. The van der Waals surface area contributed by atoms with E-state index in [0.717, 1.165) is 31.2 Å². The Kier molecular flexibility index (Phi) is 5.22. The Morgan fingerprint density at radius 1 is 1.31 bits per heavy atom. The van der Waals surface area contributed by atoms with Crippen molar-refractivity contribution < 1.29 is 5.11 Å². The molecule has 0 aliphatic carbocycles. The van der Waals surface area contributed by atoms with Crippen LogP contribution < -0.4 is 5.73 Å². The monoisotopic (exact) mass is 228 g/mol. The van der Waals surface area contributed by atoms with Crippen molar-refractivity contribution in [1.82, 2.24) is 4.90 Å². The second kappa shape index (κ2) is 5.99. The highest BCUT2D eigenvalue weighted by Crippen LogP contribution is 2.21. The zero-order chi connectivity index (χ0) is 12.2. The molecule has 1 heterocycles. The van der Waals surface area contributed by atoms with Crippen LogP contribution in [0.1, 0.15) is 40.0 Å². The number of nitrogens with zero attached hydrogens (tertiary/aromatic N) is 1. The van der Waals surface area contributed by atoms with E-state index < -0.39 is 5.60 Å². The van der Waals surface area contributed by atoms with Crippen LogP contribution in [0.2, 0.25) is 0 Å². The SMILES string of the molecule is CC1CC(C)CN(CCCC(C)(O)CN)C1. The molecule has 0 aromatic carbocycles. The zero-order valence-corrected chi connectivity index (χ0v) is 11.1. The fraction of sp³-hybridized carbons (Fsp3) is 1.00. The van der Waals surface area contributed by atoms with E-state index in [1.165, 1.54) is 19.5 Å². The summed E-state index contributed by atoms with van der Waals surface area (Å²) in [5.41, 5.74) is 4.83. The molecule has 1 aliphatic rings. The molecule has 3 nitrogen and oxygen atoms in total. The van der Waals surface area contributed by atoms with Crippen LogP contribution in [0, 0.1) is 11.8 Å². The van der Waals surface area contributed by atoms with Gasteiger partial charge >= 0.3 is 0 Å². The molecule has 0 amide bonds. The lowest BCUT2D eigenvalue weighted by atomic mass is 9.91. The molecule has 1 rings (SSSR count). The third-order valence-corrected chi connectivity index (χ3v) is 3.57. The quantitative estimate of drug-likeness (QED) is 0.749. The number of hydrogen-bond donors (Lipinski definition) is 2. The van der Waals surface area contributed by atoms with Crippen LogP contribution in [-0.4, -0.2) is 41.8 Å². The summed E-state index contributed by atoms with van der Waals surface area (Å²) >= 11 is 0. The number of piperidine rings is 1. The van der Waals surface area contributed by atoms with Crippen LogP contribution in [-0.2, 0) is 0 Å². The lowest BCUT2D eigenvalue weighted by molar-refractivity contribution is 0.0506. The van der Waals surface area contributed by atoms with E-state index in [1.807, 2.05) is 6.92 Å². The molecule has 1 saturated heterocycles. The minimum absolute atomic E-state index is 0.361. The maximum atomic E-state index is 9.81. The lowest BCUT2D eigenvalue weighted by Gasteiger charge is -2.35. The first kappa shape index (κ1) is 13.9. The van der Waals surface area contributed by atoms with Crippen LogP contribution in [0.25, 0.3) is 0 Å². The Labute approximate surface area is 100 Å². The summed E-state index contributed by atoms with van der Waals surface area (Å²) in [6.07, 6.45) is 3.21. The highest BCUT2D eigenvalue weighted by Gasteiger charge is 2.22. The molecule has 0 radical (unpaired) electrons. The van der Waals surface area contributed by atoms with Crippen molar-refractivity contribution in [3.8, 4) is 0 Å². The largest absolute Gasteiger partial charge is 0.389 e. The van der Waals surface area contributed by atoms with Gasteiger partial charge in [-0.05, 0) is 44.6 Å². The van der Waals surface area contributed by atoms with Crippen LogP contribution in [0.5, 0.6) is 0 Å². The van der Waals surface area contributed by atoms with E-state index in [1.54, 1.807) is 0 Å². The Balaban J connectivity index is 2.22. The van der Waals surface area contributed by atoms with Gasteiger partial charge in [0.05, 0.1) is 5.60 Å². The van der Waals surface area contributed by atoms with Crippen LogP contribution in [0.15, 0.2) is 0 Å². The first-order valence-corrected chi connectivity index (χ1v) is 6.58. The number of likely N-dealkylation sites (tertiary alicyclic amines) is 1. The summed E-state index contributed by atoms with van der Waals surface area (Å²) in [5.74, 6) is 1.64. The molecule has 1 aliphatic heterocycles. The number of aliphatic hydroxyl groups is 1. The summed E-state index contributed by atoms with van der Waals surface area (Å²) in [6, 6.07) is 0. The fourth-order valence-electron chi connectivity index (χ4n) is 2.76. The lowest BCUT2D eigenvalue weighted by Crippen LogP contribution is -2.40. The normalized spacial score (nSPS) is 31.3. The smallest absolute Gasteiger partial charge is 0.0741 e. The second-order valence-corrected chi connectivity index (χ2v) is 6.01. The average Bonchev–Trinajstić information content (AvgIpc) is 2.16. The van der Waals surface area contributed by atoms with Gasteiger partial charge in [-0.1, -0.05) is 13.8 Å². The van der Waals surface area contributed by atoms with E-state index in [4.69, 9.17) is 5.73 Å². The Morgan fingerprint density at radius 3 is 2.38 bits per heavy atom. The summed E-state index contributed by atoms with van der Waals surface area (Å²) < 4.78 is 0. The third-order valence-electron chi connectivity index (χ3n) is 3.57. The van der Waals surface area contributed by atoms with E-state index in [9.17, 15) is 5.11 Å². The third kappa shape index (κ3) is 4.81. The average molecular weight is 228 g/mol. The Morgan fingerprint density at radius 2 is 1.88 bits per heavy atom. The maximum absolute atomic E-state index is 9.81. The van der Waals surface area contributed by atoms with Crippen molar-refractivity contribution in [2.75, 3.05) is 26.2 Å². The van der Waals surface area contributed by atoms with Gasteiger partial charge in [0.2, 0.25) is 0 Å². The number of rotatable bonds is 5. The van der Waals surface area contributed by atoms with E-state index in [0.29, 0.717) is 6.54 Å². The van der Waals surface area contributed by atoms with Crippen molar-refractivity contribution in [3.63, 3.8) is 0 Å². The Bertz CT molecular complexity index is 196. The zero-order valence-electron chi connectivity index (χ0n) is 11.1. The van der Waals surface area contributed by atoms with Gasteiger partial charge in [0.25, 0.3) is 0 Å². The van der Waals surface area contributed by atoms with Gasteiger partial charge in [-0.15, -0.1) is 0 Å². The fourth-order valence-corrected chi connectivity index (χ4v) is 2.76. The van der Waals surface area contributed by atoms with Crippen molar-refractivity contribution in [3.05, 3.63) is 0 Å². The Hall–Kier alpha value is -0.120. The molecule has 3 heteroatoms. The van der Waals surface area contributed by atoms with Crippen LogP contribution in [0.3, 0.4) is 0 Å². The molecule has 3 unspecified atom stereocenters.